The van der Waals surface area contributed by atoms with Crippen molar-refractivity contribution >= 4 is 29.2 Å². The van der Waals surface area contributed by atoms with Gasteiger partial charge in [-0.25, -0.2) is 0 Å². The third kappa shape index (κ3) is 5.68. The Morgan fingerprint density at radius 3 is 2.24 bits per heavy atom. The van der Waals surface area contributed by atoms with Crippen molar-refractivity contribution in [2.24, 2.45) is 0 Å². The molecular formula is C31H36ClN3O2. The quantitative estimate of drug-likeness (QED) is 0.278. The number of nitrogens with zero attached hydrogens (tertiary/aromatic N) is 2. The molecule has 1 unspecified atom stereocenters. The van der Waals surface area contributed by atoms with Crippen LogP contribution in [-0.4, -0.2) is 46.7 Å². The summed E-state index contributed by atoms with van der Waals surface area (Å²) in [5.41, 5.74) is 5.03. The average Bonchev–Trinajstić information content (AvgIpc) is 3.54. The molecule has 1 amide bonds. The predicted molar refractivity (Wildman–Crippen MR) is 153 cm³/mol. The van der Waals surface area contributed by atoms with Gasteiger partial charge in [-0.3, -0.25) is 4.79 Å². The third-order valence-corrected chi connectivity index (χ3v) is 7.25. The Hall–Kier alpha value is -3.28. The van der Waals surface area contributed by atoms with Gasteiger partial charge in [0.25, 0.3) is 5.91 Å². The molecule has 0 aliphatic carbocycles. The summed E-state index contributed by atoms with van der Waals surface area (Å²) in [5.74, 6) is 0.0656. The van der Waals surface area contributed by atoms with E-state index >= 15 is 0 Å². The molecule has 1 aliphatic rings. The summed E-state index contributed by atoms with van der Waals surface area (Å²) in [5, 5.41) is 14.3. The molecule has 2 N–H and O–H groups in total. The van der Waals surface area contributed by atoms with Gasteiger partial charge in [-0.2, -0.15) is 0 Å². The summed E-state index contributed by atoms with van der Waals surface area (Å²) >= 11 is 0. The van der Waals surface area contributed by atoms with E-state index in [1.54, 1.807) is 12.1 Å². The van der Waals surface area contributed by atoms with Crippen LogP contribution in [0, 0.1) is 0 Å². The number of nitrogens with one attached hydrogen (secondary N) is 1. The van der Waals surface area contributed by atoms with E-state index in [0.717, 1.165) is 65.9 Å². The molecule has 3 aromatic carbocycles. The van der Waals surface area contributed by atoms with Crippen molar-refractivity contribution in [3.63, 3.8) is 0 Å². The van der Waals surface area contributed by atoms with Crippen LogP contribution in [0.2, 0.25) is 0 Å². The Morgan fingerprint density at radius 1 is 0.892 bits per heavy atom. The van der Waals surface area contributed by atoms with Crippen LogP contribution in [0.25, 0.3) is 10.9 Å². The lowest BCUT2D eigenvalue weighted by molar-refractivity contribution is 0.0943. The Morgan fingerprint density at radius 2 is 1.54 bits per heavy atom. The van der Waals surface area contributed by atoms with Crippen LogP contribution in [0.15, 0.2) is 78.9 Å². The van der Waals surface area contributed by atoms with Crippen molar-refractivity contribution < 1.29 is 9.90 Å². The number of benzene rings is 3. The highest BCUT2D eigenvalue weighted by Crippen LogP contribution is 2.40. The first-order valence-corrected chi connectivity index (χ1v) is 13.1. The number of rotatable bonds is 9. The fourth-order valence-electron chi connectivity index (χ4n) is 5.51. The zero-order chi connectivity index (χ0) is 24.9. The van der Waals surface area contributed by atoms with Crippen molar-refractivity contribution in [2.45, 2.75) is 38.6 Å². The van der Waals surface area contributed by atoms with Crippen LogP contribution >= 0.6 is 12.4 Å². The van der Waals surface area contributed by atoms with Gasteiger partial charge in [-0.1, -0.05) is 67.6 Å². The van der Waals surface area contributed by atoms with Crippen LogP contribution < -0.4 is 5.32 Å². The minimum Gasteiger partial charge on any atom is -0.508 e. The topological polar surface area (TPSA) is 57.5 Å². The molecule has 2 heterocycles. The highest BCUT2D eigenvalue weighted by molar-refractivity contribution is 6.02. The lowest BCUT2D eigenvalue weighted by Crippen LogP contribution is -2.30. The van der Waals surface area contributed by atoms with E-state index in [9.17, 15) is 9.90 Å². The van der Waals surface area contributed by atoms with Gasteiger partial charge in [0.05, 0.1) is 0 Å². The first-order chi connectivity index (χ1) is 17.7. The van der Waals surface area contributed by atoms with Gasteiger partial charge in [-0.15, -0.1) is 12.4 Å². The van der Waals surface area contributed by atoms with E-state index in [1.165, 1.54) is 12.8 Å². The Kier molecular flexibility index (Phi) is 8.91. The SMILES string of the molecule is CCCNC(=O)c1c(C(c2ccccc2)c2ccc(O)cc2)c2ccccc2n1CCN1CCCC1.Cl. The van der Waals surface area contributed by atoms with E-state index in [2.05, 4.69) is 58.1 Å². The molecule has 0 spiro atoms. The van der Waals surface area contributed by atoms with Gasteiger partial charge in [0.2, 0.25) is 0 Å². The van der Waals surface area contributed by atoms with Gasteiger partial charge in [0, 0.05) is 42.0 Å². The zero-order valence-corrected chi connectivity index (χ0v) is 22.2. The maximum Gasteiger partial charge on any atom is 0.268 e. The number of hydrogen-bond acceptors (Lipinski definition) is 3. The summed E-state index contributed by atoms with van der Waals surface area (Å²) in [4.78, 5) is 16.3. The fourth-order valence-corrected chi connectivity index (χ4v) is 5.51. The molecule has 5 nitrogen and oxygen atoms in total. The standard InChI is InChI=1S/C31H35N3O2.ClH/c1-2-18-32-31(36)30-29(28(23-10-4-3-5-11-23)24-14-16-25(35)17-15-24)26-12-6-7-13-27(26)34(30)22-21-33-19-8-9-20-33;/h3-7,10-17,28,35H,2,8-9,18-22H2,1H3,(H,32,36);1H. The van der Waals surface area contributed by atoms with Crippen LogP contribution in [0.3, 0.4) is 0 Å². The van der Waals surface area contributed by atoms with Crippen molar-refractivity contribution in [2.75, 3.05) is 26.2 Å². The monoisotopic (exact) mass is 517 g/mol. The molecular weight excluding hydrogens is 482 g/mol. The smallest absolute Gasteiger partial charge is 0.268 e. The largest absolute Gasteiger partial charge is 0.508 e. The molecule has 6 heteroatoms. The number of aromatic nitrogens is 1. The number of likely N-dealkylation sites (tertiary alicyclic amines) is 1. The Balaban J connectivity index is 0.00000320. The molecule has 1 atom stereocenters. The number of phenols is 1. The molecule has 0 radical (unpaired) electrons. The highest BCUT2D eigenvalue weighted by atomic mass is 35.5. The maximum absolute atomic E-state index is 13.8. The number of aromatic hydroxyl groups is 1. The number of para-hydroxylation sites is 1. The van der Waals surface area contributed by atoms with E-state index in [4.69, 9.17) is 0 Å². The number of carbonyl (C=O) groups is 1. The summed E-state index contributed by atoms with van der Waals surface area (Å²) < 4.78 is 2.24. The molecule has 1 fully saturated rings. The van der Waals surface area contributed by atoms with Crippen molar-refractivity contribution in [1.29, 1.82) is 0 Å². The summed E-state index contributed by atoms with van der Waals surface area (Å²) in [6.07, 6.45) is 3.38. The van der Waals surface area contributed by atoms with E-state index in [0.29, 0.717) is 6.54 Å². The number of carbonyl (C=O) groups excluding carboxylic acids is 1. The van der Waals surface area contributed by atoms with Gasteiger partial charge in [0.15, 0.2) is 0 Å². The van der Waals surface area contributed by atoms with Crippen LogP contribution in [0.1, 0.15) is 59.3 Å². The van der Waals surface area contributed by atoms with Crippen LogP contribution in [-0.2, 0) is 6.54 Å². The van der Waals surface area contributed by atoms with Crippen LogP contribution in [0.4, 0.5) is 0 Å². The lowest BCUT2D eigenvalue weighted by Gasteiger charge is -2.22. The Labute approximate surface area is 225 Å². The summed E-state index contributed by atoms with van der Waals surface area (Å²) in [7, 11) is 0. The van der Waals surface area contributed by atoms with Crippen LogP contribution in [0.5, 0.6) is 5.75 Å². The number of hydrogen-bond donors (Lipinski definition) is 2. The number of phenolic OH excluding ortho intramolecular Hbond substituents is 1. The molecule has 0 bridgehead atoms. The normalized spacial score (nSPS) is 14.4. The molecule has 0 saturated carbocycles. The van der Waals surface area contributed by atoms with Crippen molar-refractivity contribution in [3.8, 4) is 5.75 Å². The summed E-state index contributed by atoms with van der Waals surface area (Å²) in [6, 6.07) is 26.2. The lowest BCUT2D eigenvalue weighted by atomic mass is 9.83. The second-order valence-corrected chi connectivity index (χ2v) is 9.67. The molecule has 37 heavy (non-hydrogen) atoms. The molecule has 1 aliphatic heterocycles. The van der Waals surface area contributed by atoms with Crippen molar-refractivity contribution in [3.05, 3.63) is 101 Å². The van der Waals surface area contributed by atoms with Gasteiger partial charge in [-0.05, 0) is 61.7 Å². The minimum atomic E-state index is -0.146. The fraction of sp³-hybridized carbons (Fsp3) is 0.323. The second-order valence-electron chi connectivity index (χ2n) is 9.67. The highest BCUT2D eigenvalue weighted by Gasteiger charge is 2.30. The minimum absolute atomic E-state index is 0. The van der Waals surface area contributed by atoms with Gasteiger partial charge in [0.1, 0.15) is 11.4 Å². The average molecular weight is 518 g/mol. The third-order valence-electron chi connectivity index (χ3n) is 7.25. The molecule has 5 rings (SSSR count). The molecule has 1 saturated heterocycles. The van der Waals surface area contributed by atoms with Gasteiger partial charge >= 0.3 is 0 Å². The zero-order valence-electron chi connectivity index (χ0n) is 21.4. The second kappa shape index (κ2) is 12.3. The molecule has 1 aromatic heterocycles. The van der Waals surface area contributed by atoms with E-state index < -0.39 is 0 Å². The molecule has 194 valence electrons. The first-order valence-electron chi connectivity index (χ1n) is 13.1. The van der Waals surface area contributed by atoms with E-state index in [1.807, 2.05) is 30.3 Å². The van der Waals surface area contributed by atoms with Crippen molar-refractivity contribution in [1.82, 2.24) is 14.8 Å². The summed E-state index contributed by atoms with van der Waals surface area (Å²) in [6.45, 7) is 6.68. The maximum atomic E-state index is 13.8. The predicted octanol–water partition coefficient (Wildman–Crippen LogP) is 6.18. The number of amides is 1. The Bertz CT molecular complexity index is 1310. The molecule has 4 aromatic rings. The first kappa shape index (κ1) is 26.8. The van der Waals surface area contributed by atoms with E-state index in [-0.39, 0.29) is 30.0 Å². The number of fused-ring (bicyclic) bond motifs is 1. The van der Waals surface area contributed by atoms with Gasteiger partial charge < -0.3 is 19.9 Å². The number of halogens is 1.